The Bertz CT molecular complexity index is 357. The number of aliphatic carboxylic acids is 1. The topological polar surface area (TPSA) is 75.6 Å². The van der Waals surface area contributed by atoms with Crippen LogP contribution in [0.15, 0.2) is 0 Å². The maximum absolute atomic E-state index is 12.0. The summed E-state index contributed by atoms with van der Waals surface area (Å²) in [5.41, 5.74) is -0.317. The summed E-state index contributed by atoms with van der Waals surface area (Å²) in [7, 11) is 0. The fourth-order valence-electron chi connectivity index (χ4n) is 3.74. The van der Waals surface area contributed by atoms with Gasteiger partial charge in [0.1, 0.15) is 0 Å². The number of carbonyl (C=O) groups is 2. The first-order chi connectivity index (χ1) is 10.1. The molecule has 2 aliphatic carbocycles. The zero-order valence-corrected chi connectivity index (χ0v) is 12.7. The Morgan fingerprint density at radius 2 is 1.76 bits per heavy atom. The largest absolute Gasteiger partial charge is 0.481 e. The highest BCUT2D eigenvalue weighted by Gasteiger charge is 2.37. The molecule has 2 saturated carbocycles. The second-order valence-corrected chi connectivity index (χ2v) is 6.58. The third kappa shape index (κ3) is 5.30. The summed E-state index contributed by atoms with van der Waals surface area (Å²) < 4.78 is 5.70. The third-order valence-electron chi connectivity index (χ3n) is 4.81. The maximum atomic E-state index is 12.0. The highest BCUT2D eigenvalue weighted by molar-refractivity contribution is 5.78. The molecule has 2 rings (SSSR count). The summed E-state index contributed by atoms with van der Waals surface area (Å²) in [6.07, 6.45) is 9.35. The van der Waals surface area contributed by atoms with Crippen LogP contribution in [0.3, 0.4) is 0 Å². The molecule has 1 amide bonds. The van der Waals surface area contributed by atoms with Crippen LogP contribution in [0, 0.1) is 5.41 Å². The smallest absolute Gasteiger partial charge is 0.303 e. The standard InChI is InChI=1S/C16H27NO4/c18-14(17-9-10-21-13-5-1-2-6-13)11-16(12-15(19)20)7-3-4-8-16/h13H,1-12H2,(H,17,18)(H,19,20). The van der Waals surface area contributed by atoms with E-state index in [1.54, 1.807) is 0 Å². The molecule has 0 spiro atoms. The van der Waals surface area contributed by atoms with Gasteiger partial charge in [-0.2, -0.15) is 0 Å². The number of amides is 1. The molecule has 5 nitrogen and oxygen atoms in total. The van der Waals surface area contributed by atoms with Gasteiger partial charge in [0.15, 0.2) is 0 Å². The van der Waals surface area contributed by atoms with E-state index in [9.17, 15) is 9.59 Å². The van der Waals surface area contributed by atoms with E-state index in [1.807, 2.05) is 0 Å². The van der Waals surface area contributed by atoms with Crippen LogP contribution in [0.5, 0.6) is 0 Å². The van der Waals surface area contributed by atoms with Crippen molar-refractivity contribution in [3.8, 4) is 0 Å². The minimum absolute atomic E-state index is 0.0341. The zero-order chi connectivity index (χ0) is 15.1. The van der Waals surface area contributed by atoms with Crippen molar-refractivity contribution >= 4 is 11.9 Å². The molecule has 0 aromatic rings. The first-order valence-electron chi connectivity index (χ1n) is 8.20. The predicted molar refractivity (Wildman–Crippen MR) is 79.0 cm³/mol. The van der Waals surface area contributed by atoms with Gasteiger partial charge in [-0.05, 0) is 31.1 Å². The van der Waals surface area contributed by atoms with Crippen molar-refractivity contribution < 1.29 is 19.4 Å². The Morgan fingerprint density at radius 1 is 1.10 bits per heavy atom. The number of carboxylic acid groups (broad SMARTS) is 1. The van der Waals surface area contributed by atoms with E-state index in [4.69, 9.17) is 9.84 Å². The molecular formula is C16H27NO4. The molecule has 0 bridgehead atoms. The van der Waals surface area contributed by atoms with Crippen LogP contribution in [0.25, 0.3) is 0 Å². The molecule has 0 aromatic carbocycles. The van der Waals surface area contributed by atoms with Crippen molar-refractivity contribution in [3.05, 3.63) is 0 Å². The first-order valence-corrected chi connectivity index (χ1v) is 8.20. The summed E-state index contributed by atoms with van der Waals surface area (Å²) in [6, 6.07) is 0. The minimum atomic E-state index is -0.797. The summed E-state index contributed by atoms with van der Waals surface area (Å²) in [4.78, 5) is 23.0. The lowest BCUT2D eigenvalue weighted by Gasteiger charge is -2.26. The Balaban J connectivity index is 1.66. The van der Waals surface area contributed by atoms with Crippen molar-refractivity contribution in [2.45, 2.75) is 70.3 Å². The van der Waals surface area contributed by atoms with Gasteiger partial charge in [0.25, 0.3) is 0 Å². The van der Waals surface area contributed by atoms with E-state index in [1.165, 1.54) is 12.8 Å². The van der Waals surface area contributed by atoms with Gasteiger partial charge in [-0.3, -0.25) is 9.59 Å². The van der Waals surface area contributed by atoms with Gasteiger partial charge in [0.05, 0.1) is 19.1 Å². The van der Waals surface area contributed by atoms with Gasteiger partial charge in [0.2, 0.25) is 5.91 Å². The van der Waals surface area contributed by atoms with Crippen LogP contribution in [0.2, 0.25) is 0 Å². The van der Waals surface area contributed by atoms with Crippen molar-refractivity contribution in [1.82, 2.24) is 5.32 Å². The van der Waals surface area contributed by atoms with E-state index in [-0.39, 0.29) is 17.7 Å². The van der Waals surface area contributed by atoms with Crippen LogP contribution < -0.4 is 5.32 Å². The van der Waals surface area contributed by atoms with E-state index in [2.05, 4.69) is 5.32 Å². The van der Waals surface area contributed by atoms with Crippen LogP contribution in [0.4, 0.5) is 0 Å². The molecule has 5 heteroatoms. The van der Waals surface area contributed by atoms with Crippen molar-refractivity contribution in [2.75, 3.05) is 13.2 Å². The lowest BCUT2D eigenvalue weighted by atomic mass is 9.79. The maximum Gasteiger partial charge on any atom is 0.303 e. The first kappa shape index (κ1) is 16.3. The number of nitrogens with one attached hydrogen (secondary N) is 1. The summed E-state index contributed by atoms with van der Waals surface area (Å²) in [6.45, 7) is 1.08. The van der Waals surface area contributed by atoms with Crippen molar-refractivity contribution in [3.63, 3.8) is 0 Å². The number of hydrogen-bond donors (Lipinski definition) is 2. The average Bonchev–Trinajstić information content (AvgIpc) is 3.06. The molecule has 21 heavy (non-hydrogen) atoms. The van der Waals surface area contributed by atoms with Crippen LogP contribution in [-0.2, 0) is 14.3 Å². The van der Waals surface area contributed by atoms with Gasteiger partial charge < -0.3 is 15.2 Å². The number of carbonyl (C=O) groups excluding carboxylic acids is 1. The van der Waals surface area contributed by atoms with Gasteiger partial charge in [-0.25, -0.2) is 0 Å². The van der Waals surface area contributed by atoms with Crippen LogP contribution in [-0.4, -0.2) is 36.2 Å². The second-order valence-electron chi connectivity index (χ2n) is 6.58. The normalized spacial score (nSPS) is 21.5. The van der Waals surface area contributed by atoms with Crippen LogP contribution in [0.1, 0.15) is 64.2 Å². The fraction of sp³-hybridized carbons (Fsp3) is 0.875. The summed E-state index contributed by atoms with van der Waals surface area (Å²) in [5.74, 6) is -0.831. The molecule has 0 aliphatic heterocycles. The van der Waals surface area contributed by atoms with Gasteiger partial charge in [0, 0.05) is 13.0 Å². The molecule has 0 atom stereocenters. The zero-order valence-electron chi connectivity index (χ0n) is 12.7. The lowest BCUT2D eigenvalue weighted by Crippen LogP contribution is -2.34. The molecule has 0 heterocycles. The lowest BCUT2D eigenvalue weighted by molar-refractivity contribution is -0.140. The Labute approximate surface area is 126 Å². The van der Waals surface area contributed by atoms with Crippen LogP contribution >= 0.6 is 0 Å². The highest BCUT2D eigenvalue weighted by atomic mass is 16.5. The van der Waals surface area contributed by atoms with E-state index >= 15 is 0 Å². The molecule has 0 unspecified atom stereocenters. The SMILES string of the molecule is O=C(O)CC1(CC(=O)NCCOC2CCCC2)CCCC1. The fourth-order valence-corrected chi connectivity index (χ4v) is 3.74. The van der Waals surface area contributed by atoms with Crippen molar-refractivity contribution in [1.29, 1.82) is 0 Å². The number of hydrogen-bond acceptors (Lipinski definition) is 3. The molecule has 120 valence electrons. The molecule has 2 fully saturated rings. The summed E-state index contributed by atoms with van der Waals surface area (Å²) >= 11 is 0. The Morgan fingerprint density at radius 3 is 2.38 bits per heavy atom. The average molecular weight is 297 g/mol. The Kier molecular flexibility index (Phi) is 6.03. The third-order valence-corrected chi connectivity index (χ3v) is 4.81. The summed E-state index contributed by atoms with van der Waals surface area (Å²) in [5, 5.41) is 11.9. The molecule has 2 aliphatic rings. The number of rotatable bonds is 8. The van der Waals surface area contributed by atoms with E-state index in [0.717, 1.165) is 38.5 Å². The second kappa shape index (κ2) is 7.78. The van der Waals surface area contributed by atoms with Gasteiger partial charge >= 0.3 is 5.97 Å². The number of ether oxygens (including phenoxy) is 1. The Hall–Kier alpha value is -1.10. The highest BCUT2D eigenvalue weighted by Crippen LogP contribution is 2.43. The van der Waals surface area contributed by atoms with E-state index < -0.39 is 5.97 Å². The minimum Gasteiger partial charge on any atom is -0.481 e. The quantitative estimate of drug-likeness (QED) is 0.675. The number of carboxylic acids is 1. The predicted octanol–water partition coefficient (Wildman–Crippen LogP) is 2.49. The molecule has 0 saturated heterocycles. The monoisotopic (exact) mass is 297 g/mol. The van der Waals surface area contributed by atoms with Gasteiger partial charge in [-0.15, -0.1) is 0 Å². The molecule has 0 aromatic heterocycles. The van der Waals surface area contributed by atoms with Gasteiger partial charge in [-0.1, -0.05) is 25.7 Å². The van der Waals surface area contributed by atoms with Crippen molar-refractivity contribution in [2.24, 2.45) is 5.41 Å². The van der Waals surface area contributed by atoms with E-state index in [0.29, 0.717) is 25.7 Å². The molecule has 2 N–H and O–H groups in total. The molecular weight excluding hydrogens is 270 g/mol. The molecule has 0 radical (unpaired) electrons.